The van der Waals surface area contributed by atoms with Gasteiger partial charge in [-0.25, -0.2) is 0 Å². The highest BCUT2D eigenvalue weighted by Crippen LogP contribution is 2.69. The third-order valence-electron chi connectivity index (χ3n) is 9.37. The fraction of sp³-hybridized carbons (Fsp3) is 0.778. The smallest absolute Gasteiger partial charge is 0.193 e. The lowest BCUT2D eigenvalue weighted by Gasteiger charge is -2.59. The fourth-order valence-electron chi connectivity index (χ4n) is 8.12. The van der Waals surface area contributed by atoms with Crippen LogP contribution < -0.4 is 0 Å². The first-order valence-electron chi connectivity index (χ1n) is 12.8. The minimum Gasteiger partial charge on any atom is -0.393 e. The molecule has 0 radical (unpaired) electrons. The van der Waals surface area contributed by atoms with Crippen LogP contribution in [0.15, 0.2) is 23.8 Å². The van der Waals surface area contributed by atoms with Gasteiger partial charge < -0.3 is 19.7 Å². The topological polar surface area (TPSA) is 93.1 Å². The number of aliphatic hydroxyl groups is 2. The van der Waals surface area contributed by atoms with E-state index in [2.05, 4.69) is 20.8 Å². The Labute approximate surface area is 197 Å². The second kappa shape index (κ2) is 8.71. The Morgan fingerprint density at radius 1 is 1.27 bits per heavy atom. The van der Waals surface area contributed by atoms with Crippen molar-refractivity contribution in [2.75, 3.05) is 6.61 Å². The van der Waals surface area contributed by atoms with Crippen LogP contribution in [0.2, 0.25) is 0 Å². The summed E-state index contributed by atoms with van der Waals surface area (Å²) in [4.78, 5) is 25.2. The molecule has 9 unspecified atom stereocenters. The summed E-state index contributed by atoms with van der Waals surface area (Å²) in [6, 6.07) is 0. The summed E-state index contributed by atoms with van der Waals surface area (Å²) >= 11 is 0. The molecule has 6 nitrogen and oxygen atoms in total. The Hall–Kier alpha value is -1.34. The van der Waals surface area contributed by atoms with E-state index in [4.69, 9.17) is 9.47 Å². The highest BCUT2D eigenvalue weighted by Gasteiger charge is 2.75. The van der Waals surface area contributed by atoms with Gasteiger partial charge in [0.1, 0.15) is 6.61 Å². The Morgan fingerprint density at radius 3 is 2.67 bits per heavy atom. The lowest BCUT2D eigenvalue weighted by Crippen LogP contribution is -2.63. The standard InChI is InChI=1S/C25H34O6.C2H6/c1-4-5-21-30-20-11-17-16-7-6-14-10-15(27)8-9-23(14,2)22(16)18(28)12-24(17,3)25(20,31-21)19(29)13-26;1-2/h8-10,16-18,20-22,26,28H,4-7,11-13H2,1-3H3;1-2H3. The monoisotopic (exact) mass is 460 g/mol. The first-order valence-corrected chi connectivity index (χ1v) is 12.8. The molecule has 5 aliphatic rings. The van der Waals surface area contributed by atoms with Crippen LogP contribution in [0.3, 0.4) is 0 Å². The average Bonchev–Trinajstić information content (AvgIpc) is 3.27. The molecule has 33 heavy (non-hydrogen) atoms. The number of aliphatic hydroxyl groups excluding tert-OH is 2. The second-order valence-corrected chi connectivity index (χ2v) is 10.7. The van der Waals surface area contributed by atoms with Crippen molar-refractivity contribution in [2.45, 2.75) is 97.2 Å². The van der Waals surface area contributed by atoms with E-state index >= 15 is 0 Å². The van der Waals surface area contributed by atoms with Crippen LogP contribution in [0.4, 0.5) is 0 Å². The fourth-order valence-corrected chi connectivity index (χ4v) is 8.12. The van der Waals surface area contributed by atoms with Crippen LogP contribution in [0, 0.1) is 28.6 Å². The zero-order valence-electron chi connectivity index (χ0n) is 20.7. The van der Waals surface area contributed by atoms with Gasteiger partial charge in [0.05, 0.1) is 12.2 Å². The minimum atomic E-state index is -1.20. The molecule has 2 N–H and O–H groups in total. The SMILES string of the molecule is CC.CCCC1OC2CC3C4CCC5=CC(=O)C=CC5(C)C4C(O)CC3(C)C2(C(=O)CO)O1. The van der Waals surface area contributed by atoms with E-state index in [9.17, 15) is 19.8 Å². The van der Waals surface area contributed by atoms with Gasteiger partial charge >= 0.3 is 0 Å². The summed E-state index contributed by atoms with van der Waals surface area (Å²) in [5.74, 6) is 0.0274. The van der Waals surface area contributed by atoms with Gasteiger partial charge in [-0.05, 0) is 56.1 Å². The third-order valence-corrected chi connectivity index (χ3v) is 9.37. The van der Waals surface area contributed by atoms with Gasteiger partial charge in [0.2, 0.25) is 0 Å². The van der Waals surface area contributed by atoms with Crippen molar-refractivity contribution in [3.63, 3.8) is 0 Å². The van der Waals surface area contributed by atoms with Crippen LogP contribution in [0.25, 0.3) is 0 Å². The van der Waals surface area contributed by atoms with Gasteiger partial charge in [-0.3, -0.25) is 9.59 Å². The maximum atomic E-state index is 13.2. The van der Waals surface area contributed by atoms with Gasteiger partial charge in [0, 0.05) is 16.7 Å². The van der Waals surface area contributed by atoms with Crippen LogP contribution >= 0.6 is 0 Å². The van der Waals surface area contributed by atoms with E-state index in [1.54, 1.807) is 12.2 Å². The summed E-state index contributed by atoms with van der Waals surface area (Å²) in [7, 11) is 0. The molecule has 1 heterocycles. The maximum absolute atomic E-state index is 13.2. The number of fused-ring (bicyclic) bond motifs is 7. The van der Waals surface area contributed by atoms with Gasteiger partial charge in [-0.15, -0.1) is 0 Å². The van der Waals surface area contributed by atoms with Crippen LogP contribution in [-0.2, 0) is 19.1 Å². The van der Waals surface area contributed by atoms with Crippen LogP contribution in [0.5, 0.6) is 0 Å². The normalized spacial score (nSPS) is 47.5. The molecule has 0 aromatic heterocycles. The molecule has 184 valence electrons. The van der Waals surface area contributed by atoms with Crippen LogP contribution in [0.1, 0.15) is 73.1 Å². The molecule has 3 saturated carbocycles. The van der Waals surface area contributed by atoms with E-state index in [1.165, 1.54) is 0 Å². The number of allylic oxidation sites excluding steroid dienone is 4. The Bertz CT molecular complexity index is 863. The van der Waals surface area contributed by atoms with E-state index in [1.807, 2.05) is 19.9 Å². The van der Waals surface area contributed by atoms with E-state index in [0.717, 1.165) is 24.8 Å². The van der Waals surface area contributed by atoms with Gasteiger partial charge in [-0.1, -0.05) is 52.7 Å². The van der Waals surface area contributed by atoms with Crippen molar-refractivity contribution in [2.24, 2.45) is 28.6 Å². The lowest BCUT2D eigenvalue weighted by atomic mass is 9.46. The summed E-state index contributed by atoms with van der Waals surface area (Å²) < 4.78 is 12.7. The molecule has 9 atom stereocenters. The predicted molar refractivity (Wildman–Crippen MR) is 124 cm³/mol. The summed E-state index contributed by atoms with van der Waals surface area (Å²) in [5.41, 5.74) is -1.05. The van der Waals surface area contributed by atoms with E-state index in [-0.39, 0.29) is 34.7 Å². The third kappa shape index (κ3) is 3.28. The summed E-state index contributed by atoms with van der Waals surface area (Å²) in [5, 5.41) is 21.4. The molecule has 0 bridgehead atoms. The van der Waals surface area contributed by atoms with Gasteiger partial charge in [0.15, 0.2) is 23.5 Å². The molecule has 0 aromatic rings. The zero-order valence-corrected chi connectivity index (χ0v) is 20.7. The molecule has 0 aromatic carbocycles. The number of hydrogen-bond donors (Lipinski definition) is 2. The Morgan fingerprint density at radius 2 is 2.00 bits per heavy atom. The number of rotatable bonds is 4. The molecule has 0 spiro atoms. The number of carbonyl (C=O) groups excluding carboxylic acids is 2. The highest BCUT2D eigenvalue weighted by molar-refractivity contribution is 6.01. The number of ketones is 2. The molecular weight excluding hydrogens is 420 g/mol. The Balaban J connectivity index is 0.00000126. The Kier molecular flexibility index (Phi) is 6.54. The van der Waals surface area contributed by atoms with Crippen molar-refractivity contribution < 1.29 is 29.3 Å². The summed E-state index contributed by atoms with van der Waals surface area (Å²) in [6.45, 7) is 9.67. The molecule has 4 fully saturated rings. The zero-order chi connectivity index (χ0) is 24.2. The molecule has 4 aliphatic carbocycles. The van der Waals surface area contributed by atoms with E-state index in [0.29, 0.717) is 19.3 Å². The number of Topliss-reactive ketones (excluding diaryl/α,β-unsaturated/α-hetero) is 1. The molecule has 1 saturated heterocycles. The largest absolute Gasteiger partial charge is 0.393 e. The average molecular weight is 461 g/mol. The highest BCUT2D eigenvalue weighted by atomic mass is 16.7. The second-order valence-electron chi connectivity index (χ2n) is 10.7. The number of carbonyl (C=O) groups is 2. The van der Waals surface area contributed by atoms with Crippen molar-refractivity contribution >= 4 is 11.6 Å². The lowest BCUT2D eigenvalue weighted by molar-refractivity contribution is -0.200. The first kappa shape index (κ1) is 24.8. The van der Waals surface area contributed by atoms with Gasteiger partial charge in [-0.2, -0.15) is 0 Å². The molecule has 6 heteroatoms. The minimum absolute atomic E-state index is 0.0125. The first-order chi connectivity index (χ1) is 15.7. The maximum Gasteiger partial charge on any atom is 0.193 e. The summed E-state index contributed by atoms with van der Waals surface area (Å²) in [6.07, 6.45) is 8.31. The van der Waals surface area contributed by atoms with Crippen LogP contribution in [-0.4, -0.2) is 52.5 Å². The predicted octanol–water partition coefficient (Wildman–Crippen LogP) is 3.74. The van der Waals surface area contributed by atoms with Gasteiger partial charge in [0.25, 0.3) is 0 Å². The van der Waals surface area contributed by atoms with E-state index < -0.39 is 36.1 Å². The van der Waals surface area contributed by atoms with Crippen molar-refractivity contribution in [3.8, 4) is 0 Å². The molecule has 1 aliphatic heterocycles. The molecule has 5 rings (SSSR count). The number of hydrogen-bond acceptors (Lipinski definition) is 6. The van der Waals surface area contributed by atoms with Crippen molar-refractivity contribution in [1.29, 1.82) is 0 Å². The van der Waals surface area contributed by atoms with Crippen molar-refractivity contribution in [3.05, 3.63) is 23.8 Å². The molecular formula is C27H40O6. The number of ether oxygens (including phenoxy) is 2. The molecule has 0 amide bonds. The van der Waals surface area contributed by atoms with Crippen molar-refractivity contribution in [1.82, 2.24) is 0 Å². The quantitative estimate of drug-likeness (QED) is 0.664.